The predicted octanol–water partition coefficient (Wildman–Crippen LogP) is 4.98. The second-order valence-corrected chi connectivity index (χ2v) is 4.77. The summed E-state index contributed by atoms with van der Waals surface area (Å²) >= 11 is 12.3. The first-order valence-electron chi connectivity index (χ1n) is 5.85. The molecule has 0 fully saturated rings. The van der Waals surface area contributed by atoms with Crippen LogP contribution in [0.25, 0.3) is 0 Å². The highest BCUT2D eigenvalue weighted by molar-refractivity contribution is 6.36. The van der Waals surface area contributed by atoms with E-state index in [2.05, 4.69) is 0 Å². The quantitative estimate of drug-likeness (QED) is 0.767. The Kier molecular flexibility index (Phi) is 4.51. The van der Waals surface area contributed by atoms with Gasteiger partial charge in [0.1, 0.15) is 5.75 Å². The molecule has 0 aliphatic rings. The van der Waals surface area contributed by atoms with Gasteiger partial charge in [-0.25, -0.2) is 0 Å². The molecule has 0 bridgehead atoms. The Balaban J connectivity index is 2.18. The van der Waals surface area contributed by atoms with E-state index in [9.17, 15) is 0 Å². The molecule has 3 heteroatoms. The number of rotatable bonds is 4. The Morgan fingerprint density at radius 2 is 1.56 bits per heavy atom. The second kappa shape index (κ2) is 6.12. The second-order valence-electron chi connectivity index (χ2n) is 3.95. The van der Waals surface area contributed by atoms with Gasteiger partial charge in [0.25, 0.3) is 0 Å². The van der Waals surface area contributed by atoms with Gasteiger partial charge in [0.15, 0.2) is 0 Å². The van der Waals surface area contributed by atoms with Crippen molar-refractivity contribution in [2.45, 2.75) is 13.3 Å². The van der Waals surface area contributed by atoms with E-state index in [1.165, 1.54) is 0 Å². The zero-order chi connectivity index (χ0) is 13.0. The van der Waals surface area contributed by atoms with Gasteiger partial charge in [-0.3, -0.25) is 0 Å². The first-order valence-corrected chi connectivity index (χ1v) is 6.61. The first-order chi connectivity index (χ1) is 8.70. The van der Waals surface area contributed by atoms with Crippen LogP contribution in [0.2, 0.25) is 10.0 Å². The predicted molar refractivity (Wildman–Crippen MR) is 76.9 cm³/mol. The fourth-order valence-corrected chi connectivity index (χ4v) is 2.31. The number of benzene rings is 2. The van der Waals surface area contributed by atoms with Gasteiger partial charge in [-0.15, -0.1) is 0 Å². The van der Waals surface area contributed by atoms with Gasteiger partial charge in [-0.05, 0) is 42.3 Å². The minimum atomic E-state index is 0.676. The molecular weight excluding hydrogens is 267 g/mol. The van der Waals surface area contributed by atoms with Crippen molar-refractivity contribution in [3.63, 3.8) is 0 Å². The first kappa shape index (κ1) is 13.3. The van der Waals surface area contributed by atoms with Gasteiger partial charge >= 0.3 is 0 Å². The summed E-state index contributed by atoms with van der Waals surface area (Å²) in [5.41, 5.74) is 2.12. The molecule has 0 saturated carbocycles. The van der Waals surface area contributed by atoms with Crippen LogP contribution in [0.15, 0.2) is 42.5 Å². The summed E-state index contributed by atoms with van der Waals surface area (Å²) in [6.07, 6.45) is 0.727. The van der Waals surface area contributed by atoms with Crippen molar-refractivity contribution in [1.82, 2.24) is 0 Å². The molecule has 0 aliphatic carbocycles. The average molecular weight is 281 g/mol. The molecule has 0 saturated heterocycles. The van der Waals surface area contributed by atoms with Crippen molar-refractivity contribution >= 4 is 23.2 Å². The van der Waals surface area contributed by atoms with E-state index in [4.69, 9.17) is 27.9 Å². The largest absolute Gasteiger partial charge is 0.494 e. The van der Waals surface area contributed by atoms with E-state index < -0.39 is 0 Å². The van der Waals surface area contributed by atoms with Gasteiger partial charge in [0.05, 0.1) is 6.61 Å². The summed E-state index contributed by atoms with van der Waals surface area (Å²) in [5.74, 6) is 0.881. The Morgan fingerprint density at radius 1 is 0.944 bits per heavy atom. The molecule has 1 nitrogen and oxygen atoms in total. The van der Waals surface area contributed by atoms with Gasteiger partial charge in [0, 0.05) is 16.5 Å². The van der Waals surface area contributed by atoms with E-state index in [1.807, 2.05) is 49.4 Å². The molecule has 0 aromatic heterocycles. The van der Waals surface area contributed by atoms with Crippen LogP contribution in [0.4, 0.5) is 0 Å². The van der Waals surface area contributed by atoms with E-state index in [0.717, 1.165) is 23.3 Å². The minimum Gasteiger partial charge on any atom is -0.494 e. The Morgan fingerprint density at radius 3 is 2.11 bits per heavy atom. The van der Waals surface area contributed by atoms with Crippen LogP contribution in [0.1, 0.15) is 18.1 Å². The van der Waals surface area contributed by atoms with Crippen LogP contribution in [0.3, 0.4) is 0 Å². The molecular formula is C15H14Cl2O. The van der Waals surface area contributed by atoms with Crippen molar-refractivity contribution in [2.75, 3.05) is 6.61 Å². The topological polar surface area (TPSA) is 9.23 Å². The maximum Gasteiger partial charge on any atom is 0.119 e. The smallest absolute Gasteiger partial charge is 0.119 e. The summed E-state index contributed by atoms with van der Waals surface area (Å²) in [4.78, 5) is 0. The van der Waals surface area contributed by atoms with Gasteiger partial charge < -0.3 is 4.74 Å². The summed E-state index contributed by atoms with van der Waals surface area (Å²) in [6.45, 7) is 2.65. The van der Waals surface area contributed by atoms with Crippen LogP contribution in [0.5, 0.6) is 5.75 Å². The lowest BCUT2D eigenvalue weighted by Gasteiger charge is -2.08. The molecule has 0 spiro atoms. The molecule has 0 N–H and O–H groups in total. The molecule has 18 heavy (non-hydrogen) atoms. The average Bonchev–Trinajstić information content (AvgIpc) is 2.36. The van der Waals surface area contributed by atoms with Crippen molar-refractivity contribution in [3.05, 3.63) is 63.6 Å². The monoisotopic (exact) mass is 280 g/mol. The van der Waals surface area contributed by atoms with E-state index >= 15 is 0 Å². The number of hydrogen-bond acceptors (Lipinski definition) is 1. The zero-order valence-corrected chi connectivity index (χ0v) is 11.6. The molecule has 0 aliphatic heterocycles. The number of halogens is 2. The Bertz CT molecular complexity index is 500. The molecule has 0 heterocycles. The third-order valence-corrected chi connectivity index (χ3v) is 3.39. The van der Waals surface area contributed by atoms with Gasteiger partial charge in [-0.1, -0.05) is 41.4 Å². The fraction of sp³-hybridized carbons (Fsp3) is 0.200. The number of ether oxygens (including phenoxy) is 1. The highest BCUT2D eigenvalue weighted by Gasteiger charge is 2.06. The normalized spacial score (nSPS) is 10.4. The molecule has 0 atom stereocenters. The zero-order valence-electron chi connectivity index (χ0n) is 10.1. The molecule has 2 rings (SSSR count). The summed E-state index contributed by atoms with van der Waals surface area (Å²) < 4.78 is 5.41. The summed E-state index contributed by atoms with van der Waals surface area (Å²) in [7, 11) is 0. The summed E-state index contributed by atoms with van der Waals surface area (Å²) in [5, 5.41) is 1.41. The maximum absolute atomic E-state index is 6.15. The fourth-order valence-electron chi connectivity index (χ4n) is 1.78. The molecule has 0 unspecified atom stereocenters. The SMILES string of the molecule is CCOc1ccc(Cc2c(Cl)cccc2Cl)cc1. The highest BCUT2D eigenvalue weighted by atomic mass is 35.5. The van der Waals surface area contributed by atoms with Crippen molar-refractivity contribution < 1.29 is 4.74 Å². The standard InChI is InChI=1S/C15H14Cl2O/c1-2-18-12-8-6-11(7-9-12)10-13-14(16)4-3-5-15(13)17/h3-9H,2,10H2,1H3. The van der Waals surface area contributed by atoms with E-state index in [1.54, 1.807) is 0 Å². The van der Waals surface area contributed by atoms with Gasteiger partial charge in [-0.2, -0.15) is 0 Å². The Labute approximate surface area is 117 Å². The molecule has 0 amide bonds. The van der Waals surface area contributed by atoms with E-state index in [-0.39, 0.29) is 0 Å². The third-order valence-electron chi connectivity index (χ3n) is 2.68. The van der Waals surface area contributed by atoms with Crippen molar-refractivity contribution in [2.24, 2.45) is 0 Å². The van der Waals surface area contributed by atoms with Crippen LogP contribution in [0, 0.1) is 0 Å². The van der Waals surface area contributed by atoms with E-state index in [0.29, 0.717) is 16.7 Å². The van der Waals surface area contributed by atoms with Crippen molar-refractivity contribution in [3.8, 4) is 5.75 Å². The highest BCUT2D eigenvalue weighted by Crippen LogP contribution is 2.27. The van der Waals surface area contributed by atoms with Crippen LogP contribution >= 0.6 is 23.2 Å². The van der Waals surface area contributed by atoms with Crippen molar-refractivity contribution in [1.29, 1.82) is 0 Å². The molecule has 0 radical (unpaired) electrons. The van der Waals surface area contributed by atoms with Crippen LogP contribution in [-0.4, -0.2) is 6.61 Å². The van der Waals surface area contributed by atoms with Gasteiger partial charge in [0.2, 0.25) is 0 Å². The lowest BCUT2D eigenvalue weighted by atomic mass is 10.0. The molecule has 94 valence electrons. The Hall–Kier alpha value is -1.18. The van der Waals surface area contributed by atoms with Crippen LogP contribution < -0.4 is 4.74 Å². The third kappa shape index (κ3) is 3.18. The minimum absolute atomic E-state index is 0.676. The molecule has 2 aromatic carbocycles. The summed E-state index contributed by atoms with van der Waals surface area (Å²) in [6, 6.07) is 13.6. The maximum atomic E-state index is 6.15. The number of hydrogen-bond donors (Lipinski definition) is 0. The molecule has 2 aromatic rings. The lowest BCUT2D eigenvalue weighted by Crippen LogP contribution is -1.93. The van der Waals surface area contributed by atoms with Crippen LogP contribution in [-0.2, 0) is 6.42 Å². The lowest BCUT2D eigenvalue weighted by molar-refractivity contribution is 0.340.